The Morgan fingerprint density at radius 2 is 2.29 bits per heavy atom. The van der Waals surface area contributed by atoms with Crippen LogP contribution in [-0.4, -0.2) is 23.5 Å². The highest BCUT2D eigenvalue weighted by molar-refractivity contribution is 5.88. The van der Waals surface area contributed by atoms with E-state index in [0.29, 0.717) is 12.1 Å². The second-order valence-electron chi connectivity index (χ2n) is 5.47. The standard InChI is InChI=1S/C17H20N2O2/c1-4-15-11-19(16(20)8-12(2)3)17(21-15)14-7-5-6-13(9-14)10-18/h5-9,15,17H,4,11H2,1-3H3. The molecular formula is C17H20N2O2. The molecule has 1 aromatic rings. The van der Waals surface area contributed by atoms with Crippen LogP contribution < -0.4 is 0 Å². The molecule has 1 amide bonds. The summed E-state index contributed by atoms with van der Waals surface area (Å²) in [6.07, 6.45) is 2.11. The largest absolute Gasteiger partial charge is 0.349 e. The van der Waals surface area contributed by atoms with Gasteiger partial charge in [-0.05, 0) is 32.4 Å². The van der Waals surface area contributed by atoms with Crippen molar-refractivity contribution in [2.75, 3.05) is 6.54 Å². The van der Waals surface area contributed by atoms with Crippen LogP contribution in [0.2, 0.25) is 0 Å². The molecule has 1 saturated heterocycles. The molecule has 4 heteroatoms. The van der Waals surface area contributed by atoms with Gasteiger partial charge in [-0.1, -0.05) is 24.6 Å². The molecule has 0 aromatic heterocycles. The molecule has 1 heterocycles. The molecule has 4 nitrogen and oxygen atoms in total. The topological polar surface area (TPSA) is 53.3 Å². The molecule has 0 aliphatic carbocycles. The Balaban J connectivity index is 2.32. The number of nitrogens with zero attached hydrogens (tertiary/aromatic N) is 2. The van der Waals surface area contributed by atoms with E-state index in [2.05, 4.69) is 6.07 Å². The first-order chi connectivity index (χ1) is 10.0. The lowest BCUT2D eigenvalue weighted by atomic mass is 10.1. The van der Waals surface area contributed by atoms with Crippen LogP contribution in [0.25, 0.3) is 0 Å². The Bertz CT molecular complexity index is 597. The number of rotatable bonds is 3. The Kier molecular flexibility index (Phi) is 4.77. The van der Waals surface area contributed by atoms with Crippen LogP contribution in [0.1, 0.15) is 44.5 Å². The molecule has 0 spiro atoms. The van der Waals surface area contributed by atoms with Crippen LogP contribution >= 0.6 is 0 Å². The van der Waals surface area contributed by atoms with Gasteiger partial charge in [-0.2, -0.15) is 5.26 Å². The molecule has 1 aliphatic rings. The predicted octanol–water partition coefficient (Wildman–Crippen LogP) is 3.16. The zero-order valence-electron chi connectivity index (χ0n) is 12.7. The normalized spacial score (nSPS) is 21.0. The maximum absolute atomic E-state index is 12.4. The number of amides is 1. The number of allylic oxidation sites excluding steroid dienone is 1. The minimum absolute atomic E-state index is 0.0373. The quantitative estimate of drug-likeness (QED) is 0.801. The average molecular weight is 284 g/mol. The van der Waals surface area contributed by atoms with Crippen molar-refractivity contribution in [2.45, 2.75) is 39.5 Å². The van der Waals surface area contributed by atoms with Gasteiger partial charge in [-0.3, -0.25) is 4.79 Å². The Morgan fingerprint density at radius 3 is 2.90 bits per heavy atom. The van der Waals surface area contributed by atoms with Crippen LogP contribution in [0.4, 0.5) is 0 Å². The predicted molar refractivity (Wildman–Crippen MR) is 80.2 cm³/mol. The fourth-order valence-corrected chi connectivity index (χ4v) is 2.39. The number of carbonyl (C=O) groups excluding carboxylic acids is 1. The second-order valence-corrected chi connectivity index (χ2v) is 5.47. The van der Waals surface area contributed by atoms with Gasteiger partial charge in [0.05, 0.1) is 24.3 Å². The summed E-state index contributed by atoms with van der Waals surface area (Å²) < 4.78 is 5.98. The van der Waals surface area contributed by atoms with E-state index in [0.717, 1.165) is 17.6 Å². The van der Waals surface area contributed by atoms with E-state index < -0.39 is 6.23 Å². The highest BCUT2D eigenvalue weighted by Crippen LogP contribution is 2.32. The van der Waals surface area contributed by atoms with Crippen molar-refractivity contribution in [1.29, 1.82) is 5.26 Å². The van der Waals surface area contributed by atoms with Gasteiger partial charge in [0.15, 0.2) is 6.23 Å². The van der Waals surface area contributed by atoms with Crippen LogP contribution in [-0.2, 0) is 9.53 Å². The molecule has 0 radical (unpaired) electrons. The summed E-state index contributed by atoms with van der Waals surface area (Å²) in [5.41, 5.74) is 2.38. The zero-order chi connectivity index (χ0) is 15.4. The molecule has 0 N–H and O–H groups in total. The van der Waals surface area contributed by atoms with Gasteiger partial charge in [-0.25, -0.2) is 0 Å². The van der Waals surface area contributed by atoms with Gasteiger partial charge in [0.2, 0.25) is 5.91 Å². The first kappa shape index (κ1) is 15.3. The summed E-state index contributed by atoms with van der Waals surface area (Å²) in [5, 5.41) is 9.02. The highest BCUT2D eigenvalue weighted by atomic mass is 16.5. The van der Waals surface area contributed by atoms with E-state index in [1.165, 1.54) is 0 Å². The summed E-state index contributed by atoms with van der Waals surface area (Å²) in [6.45, 7) is 6.43. The van der Waals surface area contributed by atoms with E-state index in [4.69, 9.17) is 10.00 Å². The van der Waals surface area contributed by atoms with Gasteiger partial charge >= 0.3 is 0 Å². The molecule has 0 bridgehead atoms. The summed E-state index contributed by atoms with van der Waals surface area (Å²) >= 11 is 0. The second kappa shape index (κ2) is 6.55. The zero-order valence-corrected chi connectivity index (χ0v) is 12.7. The number of hydrogen-bond acceptors (Lipinski definition) is 3. The molecule has 21 heavy (non-hydrogen) atoms. The van der Waals surface area contributed by atoms with Crippen LogP contribution in [0.15, 0.2) is 35.9 Å². The number of ether oxygens (including phenoxy) is 1. The lowest BCUT2D eigenvalue weighted by molar-refractivity contribution is -0.131. The highest BCUT2D eigenvalue weighted by Gasteiger charge is 2.35. The monoisotopic (exact) mass is 284 g/mol. The first-order valence-electron chi connectivity index (χ1n) is 7.16. The first-order valence-corrected chi connectivity index (χ1v) is 7.16. The molecule has 1 aromatic carbocycles. The number of hydrogen-bond donors (Lipinski definition) is 0. The minimum atomic E-state index is -0.411. The van der Waals surface area contributed by atoms with Crippen molar-refractivity contribution < 1.29 is 9.53 Å². The molecule has 1 fully saturated rings. The molecular weight excluding hydrogens is 264 g/mol. The van der Waals surface area contributed by atoms with Gasteiger partial charge < -0.3 is 9.64 Å². The van der Waals surface area contributed by atoms with E-state index in [1.54, 1.807) is 23.1 Å². The number of nitriles is 1. The Labute approximate surface area is 125 Å². The Morgan fingerprint density at radius 1 is 1.52 bits per heavy atom. The number of carbonyl (C=O) groups is 1. The van der Waals surface area contributed by atoms with Crippen molar-refractivity contribution in [1.82, 2.24) is 4.90 Å². The average Bonchev–Trinajstić information content (AvgIpc) is 2.91. The summed E-state index contributed by atoms with van der Waals surface area (Å²) in [5.74, 6) is -0.0432. The van der Waals surface area contributed by atoms with E-state index >= 15 is 0 Å². The third kappa shape index (κ3) is 3.50. The van der Waals surface area contributed by atoms with E-state index in [9.17, 15) is 4.79 Å². The summed E-state index contributed by atoms with van der Waals surface area (Å²) in [4.78, 5) is 14.1. The fourth-order valence-electron chi connectivity index (χ4n) is 2.39. The smallest absolute Gasteiger partial charge is 0.248 e. The van der Waals surface area contributed by atoms with Gasteiger partial charge in [0.1, 0.15) is 0 Å². The van der Waals surface area contributed by atoms with E-state index in [1.807, 2.05) is 32.9 Å². The van der Waals surface area contributed by atoms with Gasteiger partial charge in [0.25, 0.3) is 0 Å². The van der Waals surface area contributed by atoms with Crippen LogP contribution in [0.5, 0.6) is 0 Å². The molecule has 2 unspecified atom stereocenters. The molecule has 1 aliphatic heterocycles. The van der Waals surface area contributed by atoms with Gasteiger partial charge in [0, 0.05) is 11.6 Å². The summed E-state index contributed by atoms with van der Waals surface area (Å²) in [7, 11) is 0. The minimum Gasteiger partial charge on any atom is -0.349 e. The maximum atomic E-state index is 12.4. The molecule has 2 atom stereocenters. The molecule has 0 saturated carbocycles. The van der Waals surface area contributed by atoms with Crippen molar-refractivity contribution >= 4 is 5.91 Å². The van der Waals surface area contributed by atoms with Crippen LogP contribution in [0, 0.1) is 11.3 Å². The van der Waals surface area contributed by atoms with Crippen molar-refractivity contribution in [2.24, 2.45) is 0 Å². The maximum Gasteiger partial charge on any atom is 0.248 e. The van der Waals surface area contributed by atoms with Crippen molar-refractivity contribution in [3.63, 3.8) is 0 Å². The van der Waals surface area contributed by atoms with Crippen LogP contribution in [0.3, 0.4) is 0 Å². The Hall–Kier alpha value is -2.12. The number of benzene rings is 1. The lowest BCUT2D eigenvalue weighted by Gasteiger charge is -2.22. The SMILES string of the molecule is CCC1CN(C(=O)C=C(C)C)C(c2cccc(C#N)c2)O1. The van der Waals surface area contributed by atoms with Gasteiger partial charge in [-0.15, -0.1) is 0 Å². The third-order valence-electron chi connectivity index (χ3n) is 3.46. The molecule has 110 valence electrons. The summed E-state index contributed by atoms with van der Waals surface area (Å²) in [6, 6.07) is 9.37. The lowest BCUT2D eigenvalue weighted by Crippen LogP contribution is -2.30. The third-order valence-corrected chi connectivity index (χ3v) is 3.46. The van der Waals surface area contributed by atoms with E-state index in [-0.39, 0.29) is 12.0 Å². The molecule has 2 rings (SSSR count). The van der Waals surface area contributed by atoms with Crippen molar-refractivity contribution in [3.8, 4) is 6.07 Å². The van der Waals surface area contributed by atoms with Crippen molar-refractivity contribution in [3.05, 3.63) is 47.0 Å². The fraction of sp³-hybridized carbons (Fsp3) is 0.412.